The standard InChI is InChI=1S/C14H26N4O3.ClH/c1-14(2,9-15)10-17(4)11(19)6-5-7-18-12(20)8-16(3)13(18)21;/h5-10,15H2,1-4H3;1H. The molecule has 0 spiro atoms. The normalized spacial score (nSPS) is 15.1. The number of hydrogen-bond donors (Lipinski definition) is 1. The molecule has 1 saturated heterocycles. The van der Waals surface area contributed by atoms with Crippen LogP contribution in [0.3, 0.4) is 0 Å². The van der Waals surface area contributed by atoms with Crippen LogP contribution >= 0.6 is 12.4 Å². The Morgan fingerprint density at radius 3 is 2.41 bits per heavy atom. The number of rotatable bonds is 7. The number of amides is 4. The maximum Gasteiger partial charge on any atom is 0.326 e. The smallest absolute Gasteiger partial charge is 0.326 e. The van der Waals surface area contributed by atoms with Gasteiger partial charge in [0.15, 0.2) is 0 Å². The van der Waals surface area contributed by atoms with Crippen molar-refractivity contribution in [1.82, 2.24) is 14.7 Å². The number of carbonyl (C=O) groups is 3. The molecule has 22 heavy (non-hydrogen) atoms. The first-order valence-electron chi connectivity index (χ1n) is 7.17. The number of halogens is 1. The summed E-state index contributed by atoms with van der Waals surface area (Å²) in [5.41, 5.74) is 5.54. The molecule has 7 nitrogen and oxygen atoms in total. The molecule has 1 aliphatic rings. The Labute approximate surface area is 138 Å². The molecular weight excluding hydrogens is 308 g/mol. The average Bonchev–Trinajstić information content (AvgIpc) is 2.64. The van der Waals surface area contributed by atoms with E-state index in [2.05, 4.69) is 0 Å². The van der Waals surface area contributed by atoms with Crippen LogP contribution in [0.4, 0.5) is 4.79 Å². The van der Waals surface area contributed by atoms with Crippen molar-refractivity contribution in [2.24, 2.45) is 11.1 Å². The minimum Gasteiger partial charge on any atom is -0.345 e. The predicted molar refractivity (Wildman–Crippen MR) is 86.7 cm³/mol. The highest BCUT2D eigenvalue weighted by Crippen LogP contribution is 2.15. The van der Waals surface area contributed by atoms with Crippen molar-refractivity contribution in [2.45, 2.75) is 26.7 Å². The molecule has 1 rings (SSSR count). The summed E-state index contributed by atoms with van der Waals surface area (Å²) in [5.74, 6) is -0.198. The molecule has 0 bridgehead atoms. The van der Waals surface area contributed by atoms with Crippen LogP contribution in [0.25, 0.3) is 0 Å². The van der Waals surface area contributed by atoms with Gasteiger partial charge < -0.3 is 15.5 Å². The molecule has 4 amide bonds. The van der Waals surface area contributed by atoms with E-state index in [9.17, 15) is 14.4 Å². The Hall–Kier alpha value is -1.34. The number of imide groups is 1. The molecule has 0 radical (unpaired) electrons. The number of carbonyl (C=O) groups excluding carboxylic acids is 3. The van der Waals surface area contributed by atoms with Gasteiger partial charge in [-0.05, 0) is 18.4 Å². The van der Waals surface area contributed by atoms with Crippen LogP contribution < -0.4 is 5.73 Å². The first kappa shape index (κ1) is 20.7. The van der Waals surface area contributed by atoms with Gasteiger partial charge in [-0.3, -0.25) is 14.5 Å². The van der Waals surface area contributed by atoms with Gasteiger partial charge in [0.1, 0.15) is 6.54 Å². The second-order valence-electron chi connectivity index (χ2n) is 6.41. The van der Waals surface area contributed by atoms with Gasteiger partial charge in [0.2, 0.25) is 11.8 Å². The first-order valence-corrected chi connectivity index (χ1v) is 7.17. The molecule has 0 aromatic heterocycles. The molecule has 0 unspecified atom stereocenters. The Morgan fingerprint density at radius 2 is 1.95 bits per heavy atom. The largest absolute Gasteiger partial charge is 0.345 e. The third-order valence-electron chi connectivity index (χ3n) is 3.65. The summed E-state index contributed by atoms with van der Waals surface area (Å²) in [6.07, 6.45) is 0.801. The highest BCUT2D eigenvalue weighted by molar-refractivity contribution is 6.01. The number of likely N-dealkylation sites (N-methyl/N-ethyl adjacent to an activating group) is 1. The lowest BCUT2D eigenvalue weighted by molar-refractivity contribution is -0.132. The van der Waals surface area contributed by atoms with Crippen LogP contribution in [0.2, 0.25) is 0 Å². The van der Waals surface area contributed by atoms with E-state index in [4.69, 9.17) is 5.73 Å². The van der Waals surface area contributed by atoms with E-state index < -0.39 is 0 Å². The summed E-state index contributed by atoms with van der Waals surface area (Å²) in [6, 6.07) is -0.287. The van der Waals surface area contributed by atoms with E-state index in [1.54, 1.807) is 19.0 Å². The lowest BCUT2D eigenvalue weighted by Gasteiger charge is -2.29. The minimum atomic E-state index is -0.287. The Kier molecular flexibility index (Phi) is 7.83. The summed E-state index contributed by atoms with van der Waals surface area (Å²) in [6.45, 7) is 5.53. The summed E-state index contributed by atoms with van der Waals surface area (Å²) >= 11 is 0. The summed E-state index contributed by atoms with van der Waals surface area (Å²) in [5, 5.41) is 0. The van der Waals surface area contributed by atoms with Gasteiger partial charge in [0.05, 0.1) is 0 Å². The third kappa shape index (κ3) is 5.46. The van der Waals surface area contributed by atoms with E-state index in [1.165, 1.54) is 9.80 Å². The van der Waals surface area contributed by atoms with Crippen molar-refractivity contribution in [2.75, 3.05) is 40.3 Å². The lowest BCUT2D eigenvalue weighted by Crippen LogP contribution is -2.40. The van der Waals surface area contributed by atoms with Gasteiger partial charge in [-0.1, -0.05) is 13.8 Å². The Morgan fingerprint density at radius 1 is 1.36 bits per heavy atom. The molecule has 1 heterocycles. The Bertz CT molecular complexity index is 428. The molecule has 0 saturated carbocycles. The molecule has 8 heteroatoms. The summed E-state index contributed by atoms with van der Waals surface area (Å²) in [7, 11) is 3.34. The van der Waals surface area contributed by atoms with Gasteiger partial charge in [0.25, 0.3) is 0 Å². The van der Waals surface area contributed by atoms with E-state index >= 15 is 0 Å². The lowest BCUT2D eigenvalue weighted by atomic mass is 9.93. The number of urea groups is 1. The quantitative estimate of drug-likeness (QED) is 0.688. The van der Waals surface area contributed by atoms with Crippen LogP contribution in [-0.2, 0) is 9.59 Å². The first-order chi connectivity index (χ1) is 9.68. The highest BCUT2D eigenvalue weighted by Gasteiger charge is 2.33. The zero-order valence-electron chi connectivity index (χ0n) is 13.8. The number of hydrogen-bond acceptors (Lipinski definition) is 4. The van der Waals surface area contributed by atoms with Gasteiger partial charge in [-0.2, -0.15) is 0 Å². The zero-order chi connectivity index (χ0) is 16.2. The third-order valence-corrected chi connectivity index (χ3v) is 3.65. The van der Waals surface area contributed by atoms with Crippen molar-refractivity contribution < 1.29 is 14.4 Å². The molecule has 0 aliphatic carbocycles. The number of nitrogens with two attached hydrogens (primary N) is 1. The second-order valence-corrected chi connectivity index (χ2v) is 6.41. The molecule has 0 aromatic rings. The highest BCUT2D eigenvalue weighted by atomic mass is 35.5. The van der Waals surface area contributed by atoms with Gasteiger partial charge >= 0.3 is 6.03 Å². The van der Waals surface area contributed by atoms with E-state index in [0.717, 1.165) is 0 Å². The SMILES string of the molecule is CN(CC(C)(C)CN)C(=O)CCCN1C(=O)CN(C)C1=O.Cl. The fourth-order valence-corrected chi connectivity index (χ4v) is 2.26. The molecule has 1 aliphatic heterocycles. The van der Waals surface area contributed by atoms with Crippen LogP contribution in [0, 0.1) is 5.41 Å². The van der Waals surface area contributed by atoms with Gasteiger partial charge in [-0.25, -0.2) is 4.79 Å². The average molecular weight is 335 g/mol. The van der Waals surface area contributed by atoms with Crippen molar-refractivity contribution >= 4 is 30.3 Å². The molecule has 128 valence electrons. The minimum absolute atomic E-state index is 0. The molecule has 0 aromatic carbocycles. The van der Waals surface area contributed by atoms with E-state index in [-0.39, 0.29) is 42.2 Å². The molecule has 2 N–H and O–H groups in total. The zero-order valence-corrected chi connectivity index (χ0v) is 14.6. The van der Waals surface area contributed by atoms with E-state index in [0.29, 0.717) is 32.5 Å². The molecule has 0 atom stereocenters. The maximum atomic E-state index is 12.0. The number of nitrogens with zero attached hydrogens (tertiary/aromatic N) is 3. The van der Waals surface area contributed by atoms with Gasteiger partial charge in [0, 0.05) is 33.6 Å². The summed E-state index contributed by atoms with van der Waals surface area (Å²) in [4.78, 5) is 39.5. The van der Waals surface area contributed by atoms with Crippen LogP contribution in [0.15, 0.2) is 0 Å². The van der Waals surface area contributed by atoms with E-state index in [1.807, 2.05) is 13.8 Å². The Balaban J connectivity index is 0.00000441. The fraction of sp³-hybridized carbons (Fsp3) is 0.786. The monoisotopic (exact) mass is 334 g/mol. The van der Waals surface area contributed by atoms with Crippen molar-refractivity contribution in [3.05, 3.63) is 0 Å². The second kappa shape index (κ2) is 8.33. The van der Waals surface area contributed by atoms with Crippen molar-refractivity contribution in [1.29, 1.82) is 0 Å². The molecular formula is C14H27ClN4O3. The summed E-state index contributed by atoms with van der Waals surface area (Å²) < 4.78 is 0. The van der Waals surface area contributed by atoms with Crippen LogP contribution in [0.5, 0.6) is 0 Å². The topological polar surface area (TPSA) is 86.9 Å². The molecule has 1 fully saturated rings. The van der Waals surface area contributed by atoms with Gasteiger partial charge in [-0.15, -0.1) is 12.4 Å². The predicted octanol–water partition coefficient (Wildman–Crippen LogP) is 0.526. The van der Waals surface area contributed by atoms with Crippen LogP contribution in [-0.4, -0.2) is 72.8 Å². The van der Waals surface area contributed by atoms with Crippen LogP contribution in [0.1, 0.15) is 26.7 Å². The fourth-order valence-electron chi connectivity index (χ4n) is 2.26. The maximum absolute atomic E-state index is 12.0. The van der Waals surface area contributed by atoms with Crippen molar-refractivity contribution in [3.8, 4) is 0 Å². The van der Waals surface area contributed by atoms with Crippen molar-refractivity contribution in [3.63, 3.8) is 0 Å².